The van der Waals surface area contributed by atoms with Gasteiger partial charge in [-0.25, -0.2) is 0 Å². The van der Waals surface area contributed by atoms with Crippen LogP contribution in [0.15, 0.2) is 10.6 Å². The van der Waals surface area contributed by atoms with Crippen LogP contribution >= 0.6 is 0 Å². The molecule has 1 aromatic heterocycles. The van der Waals surface area contributed by atoms with E-state index in [9.17, 15) is 5.11 Å². The highest BCUT2D eigenvalue weighted by Gasteiger charge is 2.26. The number of piperazine rings is 1. The molecule has 0 aliphatic carbocycles. The van der Waals surface area contributed by atoms with E-state index in [0.717, 1.165) is 50.7 Å². The third-order valence-electron chi connectivity index (χ3n) is 3.96. The predicted molar refractivity (Wildman–Crippen MR) is 78.4 cm³/mol. The van der Waals surface area contributed by atoms with Crippen molar-refractivity contribution in [2.24, 2.45) is 5.41 Å². The molecule has 1 aliphatic rings. The second kappa shape index (κ2) is 6.24. The van der Waals surface area contributed by atoms with E-state index in [0.29, 0.717) is 0 Å². The minimum atomic E-state index is -0.271. The molecule has 0 saturated carbocycles. The maximum atomic E-state index is 10.2. The maximum absolute atomic E-state index is 10.2. The fraction of sp³-hybridized carbons (Fsp3) is 0.800. The smallest absolute Gasteiger partial charge is 0.133 e. The molecule has 1 atom stereocenters. The van der Waals surface area contributed by atoms with E-state index in [1.54, 1.807) is 0 Å². The molecule has 0 radical (unpaired) electrons. The predicted octanol–water partition coefficient (Wildman–Crippen LogP) is 1.51. The number of β-amino-alcohol motifs (C(OH)–C–C–N with tert-alkyl or cyclic N) is 1. The van der Waals surface area contributed by atoms with Crippen LogP contribution in [0.25, 0.3) is 0 Å². The van der Waals surface area contributed by atoms with E-state index in [1.807, 2.05) is 13.0 Å². The van der Waals surface area contributed by atoms with Crippen molar-refractivity contribution in [2.45, 2.75) is 40.3 Å². The van der Waals surface area contributed by atoms with Crippen LogP contribution in [0.3, 0.4) is 0 Å². The van der Waals surface area contributed by atoms with Gasteiger partial charge in [-0.1, -0.05) is 25.9 Å². The lowest BCUT2D eigenvalue weighted by Gasteiger charge is -2.37. The van der Waals surface area contributed by atoms with Crippen molar-refractivity contribution in [3.05, 3.63) is 17.5 Å². The Kier molecular flexibility index (Phi) is 4.83. The molecule has 20 heavy (non-hydrogen) atoms. The maximum Gasteiger partial charge on any atom is 0.133 e. The Labute approximate surface area is 121 Å². The van der Waals surface area contributed by atoms with E-state index >= 15 is 0 Å². The fourth-order valence-electron chi connectivity index (χ4n) is 2.37. The molecule has 2 rings (SSSR count). The van der Waals surface area contributed by atoms with Crippen LogP contribution in [-0.4, -0.2) is 58.9 Å². The van der Waals surface area contributed by atoms with Crippen molar-refractivity contribution in [2.75, 3.05) is 32.7 Å². The molecule has 1 N–H and O–H groups in total. The summed E-state index contributed by atoms with van der Waals surface area (Å²) in [5.74, 6) is 0.868. The van der Waals surface area contributed by atoms with Crippen LogP contribution in [0, 0.1) is 12.3 Å². The van der Waals surface area contributed by atoms with Crippen molar-refractivity contribution in [1.29, 1.82) is 0 Å². The Morgan fingerprint density at radius 3 is 2.35 bits per heavy atom. The second-order valence-electron chi connectivity index (χ2n) is 6.89. The van der Waals surface area contributed by atoms with Gasteiger partial charge in [0.2, 0.25) is 0 Å². The van der Waals surface area contributed by atoms with Crippen molar-refractivity contribution in [1.82, 2.24) is 15.0 Å². The van der Waals surface area contributed by atoms with Gasteiger partial charge in [0.1, 0.15) is 5.76 Å². The number of nitrogens with zero attached hydrogens (tertiary/aromatic N) is 3. The lowest BCUT2D eigenvalue weighted by molar-refractivity contribution is 0.0123. The summed E-state index contributed by atoms with van der Waals surface area (Å²) in [5, 5.41) is 14.2. The van der Waals surface area contributed by atoms with Crippen molar-refractivity contribution in [3.8, 4) is 0 Å². The summed E-state index contributed by atoms with van der Waals surface area (Å²) in [5.41, 5.74) is 0.959. The van der Waals surface area contributed by atoms with Gasteiger partial charge in [-0.3, -0.25) is 9.80 Å². The molecule has 5 heteroatoms. The molecule has 1 aliphatic heterocycles. The molecule has 0 aromatic carbocycles. The Bertz CT molecular complexity index is 417. The average Bonchev–Trinajstić information content (AvgIpc) is 2.76. The van der Waals surface area contributed by atoms with Crippen LogP contribution in [-0.2, 0) is 6.54 Å². The molecule has 0 bridgehead atoms. The third-order valence-corrected chi connectivity index (χ3v) is 3.96. The first kappa shape index (κ1) is 15.5. The molecule has 1 aromatic rings. The molecule has 1 saturated heterocycles. The SMILES string of the molecule is Cc1cc(CN2CCN(C[C@H](O)C(C)(C)C)CC2)no1. The van der Waals surface area contributed by atoms with Crippen LogP contribution < -0.4 is 0 Å². The number of aryl methyl sites for hydroxylation is 1. The van der Waals surface area contributed by atoms with Gasteiger partial charge in [-0.2, -0.15) is 0 Å². The number of aromatic nitrogens is 1. The monoisotopic (exact) mass is 281 g/mol. The summed E-state index contributed by atoms with van der Waals surface area (Å²) in [6, 6.07) is 2.00. The number of hydrogen-bond acceptors (Lipinski definition) is 5. The molecule has 0 amide bonds. The minimum absolute atomic E-state index is 0.0463. The first-order chi connectivity index (χ1) is 9.34. The Morgan fingerprint density at radius 1 is 1.25 bits per heavy atom. The molecule has 2 heterocycles. The van der Waals surface area contributed by atoms with Crippen LogP contribution in [0.1, 0.15) is 32.2 Å². The van der Waals surface area contributed by atoms with Gasteiger partial charge in [0.05, 0.1) is 11.8 Å². The van der Waals surface area contributed by atoms with E-state index in [-0.39, 0.29) is 11.5 Å². The van der Waals surface area contributed by atoms with Gasteiger partial charge in [-0.15, -0.1) is 0 Å². The lowest BCUT2D eigenvalue weighted by Crippen LogP contribution is -2.49. The van der Waals surface area contributed by atoms with E-state index in [1.165, 1.54) is 0 Å². The quantitative estimate of drug-likeness (QED) is 0.906. The van der Waals surface area contributed by atoms with Gasteiger partial charge in [0, 0.05) is 45.3 Å². The summed E-state index contributed by atoms with van der Waals surface area (Å²) in [6.45, 7) is 13.8. The Morgan fingerprint density at radius 2 is 1.85 bits per heavy atom. The zero-order valence-electron chi connectivity index (χ0n) is 13.1. The van der Waals surface area contributed by atoms with Gasteiger partial charge < -0.3 is 9.63 Å². The zero-order chi connectivity index (χ0) is 14.8. The summed E-state index contributed by atoms with van der Waals surface area (Å²) >= 11 is 0. The minimum Gasteiger partial charge on any atom is -0.391 e. The van der Waals surface area contributed by atoms with Gasteiger partial charge >= 0.3 is 0 Å². The highest BCUT2D eigenvalue weighted by Crippen LogP contribution is 2.20. The number of rotatable bonds is 4. The molecular weight excluding hydrogens is 254 g/mol. The fourth-order valence-corrected chi connectivity index (χ4v) is 2.37. The molecule has 5 nitrogen and oxygen atoms in total. The van der Waals surface area contributed by atoms with E-state index in [4.69, 9.17) is 4.52 Å². The van der Waals surface area contributed by atoms with Gasteiger partial charge in [-0.05, 0) is 12.3 Å². The van der Waals surface area contributed by atoms with Crippen molar-refractivity contribution < 1.29 is 9.63 Å². The number of hydrogen-bond donors (Lipinski definition) is 1. The largest absolute Gasteiger partial charge is 0.391 e. The summed E-state index contributed by atoms with van der Waals surface area (Å²) in [6.07, 6.45) is -0.271. The Balaban J connectivity index is 1.75. The number of aliphatic hydroxyl groups is 1. The van der Waals surface area contributed by atoms with Crippen LogP contribution in [0.5, 0.6) is 0 Å². The molecule has 0 unspecified atom stereocenters. The Hall–Kier alpha value is -0.910. The molecule has 1 fully saturated rings. The second-order valence-corrected chi connectivity index (χ2v) is 6.89. The molecule has 0 spiro atoms. The highest BCUT2D eigenvalue weighted by atomic mass is 16.5. The number of aliphatic hydroxyl groups excluding tert-OH is 1. The van der Waals surface area contributed by atoms with Crippen molar-refractivity contribution in [3.63, 3.8) is 0 Å². The van der Waals surface area contributed by atoms with Crippen LogP contribution in [0.4, 0.5) is 0 Å². The zero-order valence-corrected chi connectivity index (χ0v) is 13.1. The molecular formula is C15H27N3O2. The standard InChI is InChI=1S/C15H27N3O2/c1-12-9-13(16-20-12)10-17-5-7-18(8-6-17)11-14(19)15(2,3)4/h9,14,19H,5-8,10-11H2,1-4H3/t14-/m0/s1. The first-order valence-corrected chi connectivity index (χ1v) is 7.39. The lowest BCUT2D eigenvalue weighted by atomic mass is 9.89. The highest BCUT2D eigenvalue weighted by molar-refractivity contribution is 5.03. The summed E-state index contributed by atoms with van der Waals surface area (Å²) in [4.78, 5) is 4.73. The summed E-state index contributed by atoms with van der Waals surface area (Å²) in [7, 11) is 0. The third kappa shape index (κ3) is 4.30. The van der Waals surface area contributed by atoms with E-state index in [2.05, 4.69) is 35.7 Å². The van der Waals surface area contributed by atoms with Crippen molar-refractivity contribution >= 4 is 0 Å². The summed E-state index contributed by atoms with van der Waals surface area (Å²) < 4.78 is 5.10. The topological polar surface area (TPSA) is 52.7 Å². The first-order valence-electron chi connectivity index (χ1n) is 7.39. The van der Waals surface area contributed by atoms with Crippen LogP contribution in [0.2, 0.25) is 0 Å². The van der Waals surface area contributed by atoms with E-state index < -0.39 is 0 Å². The van der Waals surface area contributed by atoms with Gasteiger partial charge in [0.15, 0.2) is 0 Å². The normalized spacial score (nSPS) is 20.2. The average molecular weight is 281 g/mol. The molecule has 114 valence electrons. The van der Waals surface area contributed by atoms with Gasteiger partial charge in [0.25, 0.3) is 0 Å².